The molecule has 3 aliphatic rings. The number of carbonyl (C=O) groups excluding carboxylic acids is 1. The van der Waals surface area contributed by atoms with Crippen LogP contribution < -0.4 is 11.1 Å². The van der Waals surface area contributed by atoms with E-state index in [1.54, 1.807) is 6.07 Å². The minimum Gasteiger partial charge on any atom is -0.398 e. The van der Waals surface area contributed by atoms with Crippen molar-refractivity contribution >= 4 is 46.0 Å². The Bertz CT molecular complexity index is 1020. The third-order valence-corrected chi connectivity index (χ3v) is 10.5. The average Bonchev–Trinajstić information content (AvgIpc) is 3.36. The van der Waals surface area contributed by atoms with Gasteiger partial charge in [-0.2, -0.15) is 0 Å². The van der Waals surface area contributed by atoms with Crippen LogP contribution in [0.3, 0.4) is 0 Å². The normalized spacial score (nSPS) is 23.0. The standard InChI is InChI=1S/C25H33N3OS2/c1-24(2,3)19-11-17(16-4-5-16)10-18-20(26)12-21(28-22(18)19)23(29)27-14-15-6-7-25(13-15)30-8-9-31-25/h10-12,15-16H,4-9,13-14H2,1-3H3,(H2,26,28)(H,27,29)/t15-/m0/s1. The number of pyridine rings is 1. The number of nitrogens with one attached hydrogen (secondary N) is 1. The zero-order valence-electron chi connectivity index (χ0n) is 18.8. The first-order valence-electron chi connectivity index (χ1n) is 11.5. The number of rotatable bonds is 4. The first kappa shape index (κ1) is 21.4. The summed E-state index contributed by atoms with van der Waals surface area (Å²) in [5.74, 6) is 3.64. The fourth-order valence-electron chi connectivity index (χ4n) is 5.04. The van der Waals surface area contributed by atoms with Crippen LogP contribution in [0.2, 0.25) is 0 Å². The van der Waals surface area contributed by atoms with Gasteiger partial charge < -0.3 is 11.1 Å². The van der Waals surface area contributed by atoms with Gasteiger partial charge in [0.15, 0.2) is 0 Å². The molecular formula is C25H33N3OS2. The van der Waals surface area contributed by atoms with E-state index in [0.717, 1.165) is 17.4 Å². The topological polar surface area (TPSA) is 68.0 Å². The van der Waals surface area contributed by atoms with Gasteiger partial charge in [-0.15, -0.1) is 23.5 Å². The van der Waals surface area contributed by atoms with Crippen molar-refractivity contribution in [1.82, 2.24) is 10.3 Å². The van der Waals surface area contributed by atoms with Gasteiger partial charge in [-0.25, -0.2) is 4.98 Å². The molecule has 1 aliphatic heterocycles. The number of thioether (sulfide) groups is 2. The lowest BCUT2D eigenvalue weighted by Gasteiger charge is -2.23. The average molecular weight is 456 g/mol. The zero-order chi connectivity index (χ0) is 21.8. The second-order valence-electron chi connectivity index (χ2n) is 10.5. The van der Waals surface area contributed by atoms with Gasteiger partial charge in [-0.05, 0) is 72.6 Å². The smallest absolute Gasteiger partial charge is 0.269 e. The molecule has 6 heteroatoms. The molecule has 1 saturated heterocycles. The number of benzene rings is 1. The van der Waals surface area contributed by atoms with Crippen molar-refractivity contribution < 1.29 is 4.79 Å². The Kier molecular flexibility index (Phi) is 5.45. The Morgan fingerprint density at radius 2 is 1.94 bits per heavy atom. The van der Waals surface area contributed by atoms with E-state index in [2.05, 4.69) is 61.7 Å². The number of hydrogen-bond donors (Lipinski definition) is 2. The number of nitrogen functional groups attached to an aromatic ring is 1. The van der Waals surface area contributed by atoms with E-state index in [9.17, 15) is 4.79 Å². The van der Waals surface area contributed by atoms with Gasteiger partial charge in [0.05, 0.1) is 9.60 Å². The van der Waals surface area contributed by atoms with E-state index in [0.29, 0.717) is 27.3 Å². The van der Waals surface area contributed by atoms with Crippen molar-refractivity contribution in [3.63, 3.8) is 0 Å². The van der Waals surface area contributed by atoms with Gasteiger partial charge >= 0.3 is 0 Å². The van der Waals surface area contributed by atoms with Crippen LogP contribution in [0.4, 0.5) is 5.69 Å². The molecule has 0 radical (unpaired) electrons. The molecule has 2 heterocycles. The van der Waals surface area contributed by atoms with Crippen LogP contribution in [0.25, 0.3) is 10.9 Å². The van der Waals surface area contributed by atoms with Gasteiger partial charge in [0, 0.05) is 29.1 Å². The van der Waals surface area contributed by atoms with E-state index in [-0.39, 0.29) is 11.3 Å². The predicted molar refractivity (Wildman–Crippen MR) is 134 cm³/mol. The van der Waals surface area contributed by atoms with Gasteiger partial charge in [-0.1, -0.05) is 26.8 Å². The molecule has 31 heavy (non-hydrogen) atoms. The molecule has 1 aromatic carbocycles. The van der Waals surface area contributed by atoms with Crippen molar-refractivity contribution in [3.8, 4) is 0 Å². The van der Waals surface area contributed by atoms with Crippen molar-refractivity contribution in [2.75, 3.05) is 23.8 Å². The van der Waals surface area contributed by atoms with Gasteiger partial charge in [0.1, 0.15) is 5.69 Å². The number of nitrogens with two attached hydrogens (primary N) is 1. The first-order chi connectivity index (χ1) is 14.7. The van der Waals surface area contributed by atoms with Crippen molar-refractivity contribution in [2.24, 2.45) is 5.92 Å². The van der Waals surface area contributed by atoms with Crippen LogP contribution in [0.15, 0.2) is 18.2 Å². The summed E-state index contributed by atoms with van der Waals surface area (Å²) in [5.41, 5.74) is 10.9. The minimum absolute atomic E-state index is 0.0630. The van der Waals surface area contributed by atoms with E-state index in [1.165, 1.54) is 54.7 Å². The number of carbonyl (C=O) groups is 1. The molecule has 5 rings (SSSR count). The molecule has 166 valence electrons. The van der Waals surface area contributed by atoms with Crippen LogP contribution in [0, 0.1) is 5.92 Å². The highest BCUT2D eigenvalue weighted by molar-refractivity contribution is 8.21. The summed E-state index contributed by atoms with van der Waals surface area (Å²) in [6.07, 6.45) is 6.17. The Morgan fingerprint density at radius 1 is 1.19 bits per heavy atom. The highest BCUT2D eigenvalue weighted by Crippen LogP contribution is 2.55. The number of aromatic nitrogens is 1. The lowest BCUT2D eigenvalue weighted by atomic mass is 9.83. The van der Waals surface area contributed by atoms with Crippen LogP contribution in [0.5, 0.6) is 0 Å². The molecule has 4 nitrogen and oxygen atoms in total. The summed E-state index contributed by atoms with van der Waals surface area (Å²) in [6.45, 7) is 7.35. The maximum absolute atomic E-state index is 13.0. The number of hydrogen-bond acceptors (Lipinski definition) is 5. The summed E-state index contributed by atoms with van der Waals surface area (Å²) in [4.78, 5) is 17.9. The summed E-state index contributed by atoms with van der Waals surface area (Å²) >= 11 is 4.25. The summed E-state index contributed by atoms with van der Waals surface area (Å²) in [7, 11) is 0. The van der Waals surface area contributed by atoms with Crippen LogP contribution in [0.1, 0.15) is 80.4 Å². The van der Waals surface area contributed by atoms with E-state index in [1.807, 2.05) is 0 Å². The Labute approximate surface area is 193 Å². The van der Waals surface area contributed by atoms with E-state index < -0.39 is 0 Å². The van der Waals surface area contributed by atoms with E-state index >= 15 is 0 Å². The van der Waals surface area contributed by atoms with E-state index in [4.69, 9.17) is 10.7 Å². The zero-order valence-corrected chi connectivity index (χ0v) is 20.4. The molecule has 0 unspecified atom stereocenters. The number of anilines is 1. The fraction of sp³-hybridized carbons (Fsp3) is 0.600. The Hall–Kier alpha value is -1.40. The van der Waals surface area contributed by atoms with Gasteiger partial charge in [0.25, 0.3) is 5.91 Å². The van der Waals surface area contributed by atoms with Crippen molar-refractivity contribution in [2.45, 2.75) is 68.3 Å². The SMILES string of the molecule is CC(C)(C)c1cc(C2CC2)cc2c(N)cc(C(=O)NC[C@H]3CCC4(C3)SCCS4)nc12. The molecule has 2 aliphatic carbocycles. The Morgan fingerprint density at radius 3 is 2.61 bits per heavy atom. The maximum atomic E-state index is 13.0. The third-order valence-electron chi connectivity index (χ3n) is 6.96. The summed E-state index contributed by atoms with van der Waals surface area (Å²) < 4.78 is 0.419. The highest BCUT2D eigenvalue weighted by Gasteiger charge is 2.42. The third kappa shape index (κ3) is 4.30. The highest BCUT2D eigenvalue weighted by atomic mass is 32.2. The van der Waals surface area contributed by atoms with Crippen LogP contribution >= 0.6 is 23.5 Å². The molecule has 2 saturated carbocycles. The Balaban J connectivity index is 1.38. The predicted octanol–water partition coefficient (Wildman–Crippen LogP) is 5.70. The number of nitrogens with zero attached hydrogens (tertiary/aromatic N) is 1. The summed E-state index contributed by atoms with van der Waals surface area (Å²) in [6, 6.07) is 6.25. The second-order valence-corrected chi connectivity index (χ2v) is 13.7. The molecule has 3 N–H and O–H groups in total. The lowest BCUT2D eigenvalue weighted by Crippen LogP contribution is -2.30. The molecule has 1 spiro atoms. The molecular weight excluding hydrogens is 422 g/mol. The molecule has 1 amide bonds. The number of amides is 1. The van der Waals surface area contributed by atoms with Crippen molar-refractivity contribution in [3.05, 3.63) is 35.0 Å². The molecule has 2 aromatic rings. The fourth-order valence-corrected chi connectivity index (χ4v) is 8.52. The monoisotopic (exact) mass is 455 g/mol. The van der Waals surface area contributed by atoms with Crippen LogP contribution in [-0.4, -0.2) is 33.0 Å². The molecule has 1 aromatic heterocycles. The minimum atomic E-state index is -0.104. The second kappa shape index (κ2) is 7.87. The van der Waals surface area contributed by atoms with Gasteiger partial charge in [-0.3, -0.25) is 4.79 Å². The number of fused-ring (bicyclic) bond motifs is 1. The van der Waals surface area contributed by atoms with Crippen LogP contribution in [-0.2, 0) is 5.41 Å². The van der Waals surface area contributed by atoms with Gasteiger partial charge in [0.2, 0.25) is 0 Å². The first-order valence-corrected chi connectivity index (χ1v) is 13.5. The lowest BCUT2D eigenvalue weighted by molar-refractivity contribution is 0.0942. The maximum Gasteiger partial charge on any atom is 0.269 e. The molecule has 3 fully saturated rings. The van der Waals surface area contributed by atoms with Crippen molar-refractivity contribution in [1.29, 1.82) is 0 Å². The largest absolute Gasteiger partial charge is 0.398 e. The quantitative estimate of drug-likeness (QED) is 0.619. The molecule has 0 bridgehead atoms. The summed E-state index contributed by atoms with van der Waals surface area (Å²) in [5, 5.41) is 4.15. The molecule has 1 atom stereocenters.